The lowest BCUT2D eigenvalue weighted by Crippen LogP contribution is -2.67. The van der Waals surface area contributed by atoms with E-state index in [9.17, 15) is 14.7 Å². The fraction of sp³-hybridized carbons (Fsp3) is 0.619. The molecule has 164 valence electrons. The van der Waals surface area contributed by atoms with Crippen LogP contribution in [0.15, 0.2) is 24.3 Å². The predicted molar refractivity (Wildman–Crippen MR) is 112 cm³/mol. The molecule has 9 nitrogen and oxygen atoms in total. The van der Waals surface area contributed by atoms with Crippen LogP contribution in [-0.2, 0) is 4.79 Å². The van der Waals surface area contributed by atoms with E-state index in [4.69, 9.17) is 4.74 Å². The molecule has 0 radical (unpaired) electrons. The van der Waals surface area contributed by atoms with E-state index >= 15 is 0 Å². The topological polar surface area (TPSA) is 88.6 Å². The number of β-amino-alcohol motifs (C(OH)–C–C–N with tert-alkyl or cyclic N) is 1. The van der Waals surface area contributed by atoms with Crippen LogP contribution in [0.2, 0.25) is 0 Å². The maximum atomic E-state index is 13.3. The lowest BCUT2D eigenvalue weighted by Gasteiger charge is -2.45. The summed E-state index contributed by atoms with van der Waals surface area (Å²) in [5.41, 5.74) is 0.914. The summed E-state index contributed by atoms with van der Waals surface area (Å²) in [6, 6.07) is 6.84. The minimum atomic E-state index is -0.604. The highest BCUT2D eigenvalue weighted by molar-refractivity contribution is 6.00. The van der Waals surface area contributed by atoms with Crippen molar-refractivity contribution in [2.75, 3.05) is 38.7 Å². The van der Waals surface area contributed by atoms with E-state index in [0.717, 1.165) is 30.7 Å². The van der Waals surface area contributed by atoms with Crippen LogP contribution in [0.5, 0.6) is 5.75 Å². The molecule has 4 rings (SSSR count). The number of anilines is 1. The van der Waals surface area contributed by atoms with Crippen molar-refractivity contribution in [1.82, 2.24) is 20.0 Å². The van der Waals surface area contributed by atoms with E-state index in [1.165, 1.54) is 4.90 Å². The number of likely N-dealkylation sites (N-methyl/N-ethyl adjacent to an activating group) is 1. The minimum absolute atomic E-state index is 0.182. The summed E-state index contributed by atoms with van der Waals surface area (Å²) >= 11 is 0. The van der Waals surface area contributed by atoms with Gasteiger partial charge >= 0.3 is 6.03 Å². The first kappa shape index (κ1) is 20.9. The third-order valence-electron chi connectivity index (χ3n) is 6.27. The molecule has 1 aromatic rings. The zero-order valence-corrected chi connectivity index (χ0v) is 17.8. The lowest BCUT2D eigenvalue weighted by molar-refractivity contribution is -0.139. The first-order chi connectivity index (χ1) is 14.5. The molecule has 30 heavy (non-hydrogen) atoms. The highest BCUT2D eigenvalue weighted by Gasteiger charge is 2.56. The Kier molecular flexibility index (Phi) is 5.86. The second kappa shape index (κ2) is 8.41. The van der Waals surface area contributed by atoms with Crippen molar-refractivity contribution in [3.05, 3.63) is 24.3 Å². The van der Waals surface area contributed by atoms with Crippen molar-refractivity contribution in [3.8, 4) is 5.75 Å². The number of benzene rings is 1. The highest BCUT2D eigenvalue weighted by Crippen LogP contribution is 2.33. The maximum Gasteiger partial charge on any atom is 0.327 e. The zero-order valence-electron chi connectivity index (χ0n) is 17.8. The number of ether oxygens (including phenoxy) is 1. The Morgan fingerprint density at radius 1 is 1.17 bits per heavy atom. The average molecular weight is 418 g/mol. The zero-order chi connectivity index (χ0) is 21.4. The van der Waals surface area contributed by atoms with Gasteiger partial charge in [0.05, 0.1) is 13.2 Å². The number of imide groups is 1. The number of unbranched alkanes of at least 4 members (excludes halogenated alkanes) is 2. The third kappa shape index (κ3) is 3.51. The Morgan fingerprint density at radius 2 is 1.90 bits per heavy atom. The van der Waals surface area contributed by atoms with E-state index in [0.29, 0.717) is 19.6 Å². The van der Waals surface area contributed by atoms with Crippen LogP contribution in [-0.4, -0.2) is 90.1 Å². The van der Waals surface area contributed by atoms with Crippen molar-refractivity contribution in [2.24, 2.45) is 0 Å². The monoisotopic (exact) mass is 417 g/mol. The summed E-state index contributed by atoms with van der Waals surface area (Å²) in [4.78, 5) is 33.2. The molecule has 9 heteroatoms. The number of hydrogen-bond donors (Lipinski definition) is 2. The number of carbonyl (C=O) groups excluding carboxylic acids is 2. The molecule has 3 heterocycles. The Bertz CT molecular complexity index is 788. The summed E-state index contributed by atoms with van der Waals surface area (Å²) in [5, 5.41) is 14.0. The first-order valence-electron chi connectivity index (χ1n) is 10.6. The first-order valence-corrected chi connectivity index (χ1v) is 10.6. The van der Waals surface area contributed by atoms with Crippen molar-refractivity contribution in [1.29, 1.82) is 0 Å². The van der Waals surface area contributed by atoms with Gasteiger partial charge in [0.25, 0.3) is 5.91 Å². The number of methoxy groups -OCH3 is 1. The molecule has 3 aliphatic rings. The summed E-state index contributed by atoms with van der Waals surface area (Å²) < 4.78 is 5.25. The van der Waals surface area contributed by atoms with Crippen LogP contribution in [0.1, 0.15) is 26.2 Å². The van der Waals surface area contributed by atoms with E-state index < -0.39 is 18.3 Å². The Balaban J connectivity index is 1.60. The van der Waals surface area contributed by atoms with Gasteiger partial charge in [0.1, 0.15) is 24.2 Å². The third-order valence-corrected chi connectivity index (χ3v) is 6.27. The molecule has 4 unspecified atom stereocenters. The molecule has 3 saturated heterocycles. The SMILES string of the molecule is CCCCCN1C(=O)C2C(NC3N(c4ccc(OC)cc4)CC(O)CN23)N(C)C1=O. The number of rotatable bonds is 6. The quantitative estimate of drug-likeness (QED) is 0.663. The summed E-state index contributed by atoms with van der Waals surface area (Å²) in [7, 11) is 3.36. The van der Waals surface area contributed by atoms with Crippen molar-refractivity contribution < 1.29 is 19.4 Å². The van der Waals surface area contributed by atoms with Gasteiger partial charge in [-0.05, 0) is 30.7 Å². The molecule has 3 amide bonds. The molecule has 3 aliphatic heterocycles. The van der Waals surface area contributed by atoms with Gasteiger partial charge in [-0.3, -0.25) is 19.9 Å². The summed E-state index contributed by atoms with van der Waals surface area (Å²) in [6.45, 7) is 3.34. The van der Waals surface area contributed by atoms with Crippen LogP contribution in [0.4, 0.5) is 10.5 Å². The van der Waals surface area contributed by atoms with E-state index in [-0.39, 0.29) is 18.2 Å². The number of fused-ring (bicyclic) bond motifs is 3. The maximum absolute atomic E-state index is 13.3. The van der Waals surface area contributed by atoms with Crippen molar-refractivity contribution in [3.63, 3.8) is 0 Å². The lowest BCUT2D eigenvalue weighted by atomic mass is 10.1. The van der Waals surface area contributed by atoms with E-state index in [2.05, 4.69) is 12.2 Å². The molecular formula is C21H31N5O4. The molecule has 0 aliphatic carbocycles. The number of amides is 3. The fourth-order valence-corrected chi connectivity index (χ4v) is 4.69. The normalized spacial score (nSPS) is 29.3. The van der Waals surface area contributed by atoms with Crippen LogP contribution < -0.4 is 15.0 Å². The number of urea groups is 1. The average Bonchev–Trinajstić information content (AvgIpc) is 3.13. The largest absolute Gasteiger partial charge is 0.497 e. The fourth-order valence-electron chi connectivity index (χ4n) is 4.69. The highest BCUT2D eigenvalue weighted by atomic mass is 16.5. The minimum Gasteiger partial charge on any atom is -0.497 e. The smallest absolute Gasteiger partial charge is 0.327 e. The van der Waals surface area contributed by atoms with Crippen LogP contribution in [0, 0.1) is 0 Å². The van der Waals surface area contributed by atoms with Gasteiger partial charge in [-0.2, -0.15) is 0 Å². The van der Waals surface area contributed by atoms with Crippen LogP contribution in [0.3, 0.4) is 0 Å². The molecule has 0 spiro atoms. The van der Waals surface area contributed by atoms with E-state index in [1.54, 1.807) is 19.1 Å². The number of hydrogen-bond acceptors (Lipinski definition) is 7. The Morgan fingerprint density at radius 3 is 2.57 bits per heavy atom. The van der Waals surface area contributed by atoms with Gasteiger partial charge in [-0.25, -0.2) is 4.79 Å². The molecule has 3 fully saturated rings. The van der Waals surface area contributed by atoms with Gasteiger partial charge in [0.15, 0.2) is 0 Å². The van der Waals surface area contributed by atoms with Crippen molar-refractivity contribution in [2.45, 2.75) is 50.8 Å². The molecule has 2 N–H and O–H groups in total. The van der Waals surface area contributed by atoms with Gasteiger partial charge in [0.2, 0.25) is 0 Å². The summed E-state index contributed by atoms with van der Waals surface area (Å²) in [6.07, 6.45) is 1.49. The van der Waals surface area contributed by atoms with Gasteiger partial charge in [-0.1, -0.05) is 19.8 Å². The molecule has 4 atom stereocenters. The number of nitrogens with one attached hydrogen (secondary N) is 1. The Labute approximate surface area is 177 Å². The predicted octanol–water partition coefficient (Wildman–Crippen LogP) is 0.844. The molecular weight excluding hydrogens is 386 g/mol. The number of nitrogens with zero attached hydrogens (tertiary/aromatic N) is 4. The molecule has 0 bridgehead atoms. The van der Waals surface area contributed by atoms with Crippen LogP contribution in [0.25, 0.3) is 0 Å². The van der Waals surface area contributed by atoms with Gasteiger partial charge < -0.3 is 19.6 Å². The van der Waals surface area contributed by atoms with Crippen molar-refractivity contribution >= 4 is 17.6 Å². The summed E-state index contributed by atoms with van der Waals surface area (Å²) in [5.74, 6) is 0.572. The standard InChI is InChI=1S/C21H31N5O4/c1-4-5-6-11-24-19(28)17-18(23(2)21(24)29)22-20-25(12-15(27)13-26(17)20)14-7-9-16(30-3)10-8-14/h7-10,15,17-18,20,22,27H,4-6,11-13H2,1-3H3. The molecule has 0 aromatic heterocycles. The molecule has 1 aromatic carbocycles. The van der Waals surface area contributed by atoms with Crippen LogP contribution >= 0.6 is 0 Å². The van der Waals surface area contributed by atoms with Gasteiger partial charge in [-0.15, -0.1) is 0 Å². The number of carbonyl (C=O) groups is 2. The molecule has 0 saturated carbocycles. The number of aliphatic hydroxyl groups is 1. The van der Waals surface area contributed by atoms with E-state index in [1.807, 2.05) is 34.1 Å². The second-order valence-electron chi connectivity index (χ2n) is 8.22. The van der Waals surface area contributed by atoms with Gasteiger partial charge in [0, 0.05) is 32.4 Å². The second-order valence-corrected chi connectivity index (χ2v) is 8.22. The Hall–Kier alpha value is -2.36. The number of aliphatic hydroxyl groups excluding tert-OH is 1.